The lowest BCUT2D eigenvalue weighted by atomic mass is 9.84. The van der Waals surface area contributed by atoms with Crippen molar-refractivity contribution in [2.45, 2.75) is 33.0 Å². The lowest BCUT2D eigenvalue weighted by Gasteiger charge is -2.38. The summed E-state index contributed by atoms with van der Waals surface area (Å²) in [5, 5.41) is 0. The summed E-state index contributed by atoms with van der Waals surface area (Å²) < 4.78 is 25.5. The molecule has 0 saturated carbocycles. The van der Waals surface area contributed by atoms with E-state index in [4.69, 9.17) is 14.5 Å². The highest BCUT2D eigenvalue weighted by atomic mass is 19.1. The summed E-state index contributed by atoms with van der Waals surface area (Å²) in [6.45, 7) is 5.61. The Morgan fingerprint density at radius 1 is 1.00 bits per heavy atom. The molecule has 6 heteroatoms. The number of pyridine rings is 1. The Labute approximate surface area is 164 Å². The number of nitrogens with zero attached hydrogens (tertiary/aromatic N) is 2. The summed E-state index contributed by atoms with van der Waals surface area (Å²) in [7, 11) is 0. The molecule has 1 aromatic carbocycles. The molecule has 0 radical (unpaired) electrons. The molecular formula is C22H24FN3O2. The van der Waals surface area contributed by atoms with Gasteiger partial charge in [0.2, 0.25) is 6.29 Å². The van der Waals surface area contributed by atoms with Crippen LogP contribution < -0.4 is 0 Å². The zero-order valence-electron chi connectivity index (χ0n) is 16.1. The molecule has 1 saturated heterocycles. The van der Waals surface area contributed by atoms with Crippen molar-refractivity contribution in [1.29, 1.82) is 0 Å². The molecule has 0 atom stereocenters. The van der Waals surface area contributed by atoms with Crippen molar-refractivity contribution in [2.75, 3.05) is 13.2 Å². The summed E-state index contributed by atoms with van der Waals surface area (Å²) in [4.78, 5) is 12.2. The summed E-state index contributed by atoms with van der Waals surface area (Å²) in [5.41, 5.74) is 3.40. The molecule has 1 N–H and O–H groups in total. The first-order chi connectivity index (χ1) is 13.6. The lowest BCUT2D eigenvalue weighted by molar-refractivity contribution is -0.238. The molecule has 0 unspecified atom stereocenters. The Balaban J connectivity index is 1.69. The number of nitrogens with one attached hydrogen (secondary N) is 1. The molecule has 0 aliphatic carbocycles. The number of hydrogen-bond donors (Lipinski definition) is 1. The third kappa shape index (κ3) is 3.57. The van der Waals surface area contributed by atoms with Gasteiger partial charge < -0.3 is 14.5 Å². The normalized spacial score (nSPS) is 17.0. The van der Waals surface area contributed by atoms with Gasteiger partial charge in [0, 0.05) is 28.9 Å². The first-order valence-corrected chi connectivity index (χ1v) is 9.63. The van der Waals surface area contributed by atoms with Crippen LogP contribution in [0.3, 0.4) is 0 Å². The maximum atomic E-state index is 13.4. The highest BCUT2D eigenvalue weighted by Crippen LogP contribution is 2.38. The fourth-order valence-electron chi connectivity index (χ4n) is 3.46. The summed E-state index contributed by atoms with van der Waals surface area (Å²) >= 11 is 0. The van der Waals surface area contributed by atoms with Crippen LogP contribution >= 0.6 is 0 Å². The van der Waals surface area contributed by atoms with E-state index in [0.717, 1.165) is 35.4 Å². The van der Waals surface area contributed by atoms with E-state index in [0.29, 0.717) is 19.0 Å². The second-order valence-electron chi connectivity index (χ2n) is 7.25. The average molecular weight is 381 g/mol. The molecule has 1 fully saturated rings. The van der Waals surface area contributed by atoms with Crippen LogP contribution in [-0.2, 0) is 9.47 Å². The second-order valence-corrected chi connectivity index (χ2v) is 7.25. The maximum absolute atomic E-state index is 13.4. The van der Waals surface area contributed by atoms with Gasteiger partial charge in [-0.1, -0.05) is 13.8 Å². The molecule has 0 bridgehead atoms. The average Bonchev–Trinajstić information content (AvgIpc) is 3.20. The van der Waals surface area contributed by atoms with E-state index in [1.807, 2.05) is 12.1 Å². The molecule has 0 amide bonds. The van der Waals surface area contributed by atoms with E-state index in [9.17, 15) is 4.39 Å². The summed E-state index contributed by atoms with van der Waals surface area (Å²) in [6, 6.07) is 10.1. The Morgan fingerprint density at radius 3 is 2.25 bits per heavy atom. The minimum absolute atomic E-state index is 0.0663. The van der Waals surface area contributed by atoms with Crippen LogP contribution in [0.1, 0.15) is 38.8 Å². The number of hydrogen-bond acceptors (Lipinski definition) is 4. The Kier molecular flexibility index (Phi) is 5.24. The van der Waals surface area contributed by atoms with Crippen LogP contribution in [0.25, 0.3) is 22.5 Å². The highest BCUT2D eigenvalue weighted by molar-refractivity contribution is 5.78. The first-order valence-electron chi connectivity index (χ1n) is 9.63. The molecule has 4 rings (SSSR count). The number of halogens is 1. The smallest absolute Gasteiger partial charge is 0.217 e. The van der Waals surface area contributed by atoms with Gasteiger partial charge in [-0.25, -0.2) is 9.37 Å². The van der Waals surface area contributed by atoms with E-state index in [1.54, 1.807) is 24.5 Å². The Bertz CT molecular complexity index is 911. The predicted octanol–water partition coefficient (Wildman–Crippen LogP) is 5.13. The van der Waals surface area contributed by atoms with E-state index in [2.05, 4.69) is 23.8 Å². The fraction of sp³-hybridized carbons (Fsp3) is 0.364. The zero-order valence-corrected chi connectivity index (χ0v) is 16.1. The van der Waals surface area contributed by atoms with Crippen LogP contribution in [0.5, 0.6) is 0 Å². The number of ether oxygens (including phenoxy) is 2. The van der Waals surface area contributed by atoms with Gasteiger partial charge in [0.05, 0.1) is 24.6 Å². The third-order valence-electron chi connectivity index (χ3n) is 5.61. The van der Waals surface area contributed by atoms with Gasteiger partial charge in [-0.05, 0) is 49.2 Å². The molecule has 5 nitrogen and oxygen atoms in total. The van der Waals surface area contributed by atoms with E-state index in [1.165, 1.54) is 12.1 Å². The molecule has 146 valence electrons. The van der Waals surface area contributed by atoms with Gasteiger partial charge in [0.25, 0.3) is 0 Å². The number of aromatic nitrogens is 3. The van der Waals surface area contributed by atoms with Gasteiger partial charge in [0.15, 0.2) is 5.82 Å². The van der Waals surface area contributed by atoms with Crippen LogP contribution in [0.4, 0.5) is 4.39 Å². The van der Waals surface area contributed by atoms with Crippen molar-refractivity contribution in [3.05, 3.63) is 60.4 Å². The predicted molar refractivity (Wildman–Crippen MR) is 105 cm³/mol. The molecule has 1 aliphatic rings. The number of benzene rings is 1. The van der Waals surface area contributed by atoms with Crippen molar-refractivity contribution in [3.8, 4) is 22.5 Å². The minimum atomic E-state index is -0.541. The Hall–Kier alpha value is -2.57. The van der Waals surface area contributed by atoms with Gasteiger partial charge in [-0.2, -0.15) is 0 Å². The van der Waals surface area contributed by atoms with Gasteiger partial charge in [-0.15, -0.1) is 0 Å². The first kappa shape index (κ1) is 18.8. The molecule has 28 heavy (non-hydrogen) atoms. The van der Waals surface area contributed by atoms with Gasteiger partial charge in [0.1, 0.15) is 5.82 Å². The van der Waals surface area contributed by atoms with Crippen molar-refractivity contribution in [1.82, 2.24) is 15.0 Å². The zero-order chi connectivity index (χ0) is 19.6. The minimum Gasteiger partial charge on any atom is -0.345 e. The Morgan fingerprint density at radius 2 is 1.64 bits per heavy atom. The number of H-pyrrole nitrogens is 1. The SMILES string of the molecule is CCC1(CC)COC(c2nc(-c3ccc(F)cc3)c(-c3ccncc3)[nH]2)OC1. The second kappa shape index (κ2) is 7.81. The van der Waals surface area contributed by atoms with Crippen molar-refractivity contribution in [2.24, 2.45) is 5.41 Å². The monoisotopic (exact) mass is 381 g/mol. The van der Waals surface area contributed by atoms with Crippen molar-refractivity contribution < 1.29 is 13.9 Å². The number of rotatable bonds is 5. The van der Waals surface area contributed by atoms with Crippen molar-refractivity contribution >= 4 is 0 Å². The van der Waals surface area contributed by atoms with Crippen LogP contribution in [0.15, 0.2) is 48.8 Å². The quantitative estimate of drug-likeness (QED) is 0.666. The van der Waals surface area contributed by atoms with Gasteiger partial charge >= 0.3 is 0 Å². The van der Waals surface area contributed by atoms with Crippen LogP contribution in [0, 0.1) is 11.2 Å². The topological polar surface area (TPSA) is 60.0 Å². The molecular weight excluding hydrogens is 357 g/mol. The number of aromatic amines is 1. The fourth-order valence-corrected chi connectivity index (χ4v) is 3.46. The van der Waals surface area contributed by atoms with Crippen molar-refractivity contribution in [3.63, 3.8) is 0 Å². The van der Waals surface area contributed by atoms with Gasteiger partial charge in [-0.3, -0.25) is 4.98 Å². The molecule has 0 spiro atoms. The third-order valence-corrected chi connectivity index (χ3v) is 5.61. The summed E-state index contributed by atoms with van der Waals surface area (Å²) in [5.74, 6) is 0.339. The molecule has 1 aliphatic heterocycles. The number of imidazole rings is 1. The molecule has 3 aromatic rings. The highest BCUT2D eigenvalue weighted by Gasteiger charge is 2.36. The van der Waals surface area contributed by atoms with Crippen LogP contribution in [-0.4, -0.2) is 28.2 Å². The summed E-state index contributed by atoms with van der Waals surface area (Å²) in [6.07, 6.45) is 4.94. The molecule has 2 aromatic heterocycles. The maximum Gasteiger partial charge on any atom is 0.217 e. The van der Waals surface area contributed by atoms with E-state index < -0.39 is 6.29 Å². The van der Waals surface area contributed by atoms with E-state index >= 15 is 0 Å². The van der Waals surface area contributed by atoms with Crippen LogP contribution in [0.2, 0.25) is 0 Å². The van der Waals surface area contributed by atoms with E-state index in [-0.39, 0.29) is 11.2 Å². The largest absolute Gasteiger partial charge is 0.345 e. The lowest BCUT2D eigenvalue weighted by Crippen LogP contribution is -2.38. The molecule has 3 heterocycles. The standard InChI is InChI=1S/C22H24FN3O2/c1-3-22(4-2)13-27-21(28-14-22)20-25-18(15-5-7-17(23)8-6-15)19(26-20)16-9-11-24-12-10-16/h5-12,21H,3-4,13-14H2,1-2H3,(H,25,26).